The number of nitro groups is 1. The monoisotopic (exact) mass is 1950 g/mol. The number of nitrogens with two attached hydrogens (primary N) is 5. The molecule has 20 N–H and O–H groups in total. The lowest BCUT2D eigenvalue weighted by molar-refractivity contribution is -0.383. The molecule has 678 valence electrons. The highest BCUT2D eigenvalue weighted by molar-refractivity contribution is 9.10. The topological polar surface area (TPSA) is 509 Å². The van der Waals surface area contributed by atoms with Crippen molar-refractivity contribution >= 4 is 185 Å². The Labute approximate surface area is 797 Å². The molecule has 2 aliphatic rings. The van der Waals surface area contributed by atoms with Gasteiger partial charge >= 0.3 is 19.9 Å². The normalized spacial score (nSPS) is 11.8. The summed E-state index contributed by atoms with van der Waals surface area (Å²) >= 11 is 32.9. The molecule has 133 heavy (non-hydrogen) atoms. The molecule has 0 bridgehead atoms. The number of hydrogen-bond donors (Lipinski definition) is 13. The minimum absolute atomic E-state index is 0. The number of benzene rings is 9. The smallest absolute Gasteiger partial charge is 0.423 e. The number of carbonyl (C=O) groups excluding carboxylic acids is 3. The van der Waals surface area contributed by atoms with E-state index in [4.69, 9.17) is 90.2 Å². The zero-order valence-corrected chi connectivity index (χ0v) is 76.2. The van der Waals surface area contributed by atoms with Gasteiger partial charge in [0.2, 0.25) is 0 Å². The van der Waals surface area contributed by atoms with Gasteiger partial charge in [-0.05, 0) is 159 Å². The van der Waals surface area contributed by atoms with Crippen molar-refractivity contribution in [2.24, 2.45) is 11.7 Å². The summed E-state index contributed by atoms with van der Waals surface area (Å²) in [6.45, 7) is 9.35. The van der Waals surface area contributed by atoms with Crippen molar-refractivity contribution in [2.75, 3.05) is 79.4 Å². The number of para-hydroxylation sites is 5. The highest BCUT2D eigenvalue weighted by atomic mass is 79.9. The number of fused-ring (bicyclic) bond motifs is 3. The molecular formula is C94H89B2BrCl5N21O10. The molecule has 2 saturated heterocycles. The molecule has 0 atom stereocenters. The average Bonchev–Trinajstić information content (AvgIpc) is 1.67. The number of nitrogens with one attached hydrogen (secondary N) is 4. The quantitative estimate of drug-likeness (QED) is 0.0113. The Morgan fingerprint density at radius 2 is 0.812 bits per heavy atom. The number of aromatic nitrogens is 11. The van der Waals surface area contributed by atoms with E-state index in [0.29, 0.717) is 76.7 Å². The SMILES string of the molecule is Clc1cccc2[nH]c(-c3cccc(-c4cncc(CN5CCN(c6ccncc6)CC5)c4)c3)nc12.NN.Nc1cccc(Cl)c1N.Nc1cccc(Cl)c1[N+](=O)[O-].O.O=Cc1cccc(B(O)O)c1.O=Cc1cncc(-c2cccc(-c3nc4c(Cl)cccc4[nH]3)c2)c1.O=Cc1cncc(Br)c1.OB(O)c1cccc(-c2nc3c(Cl)cccc3[nH]2)c1.c1cc(N2CCNCC2)ccn1. The number of hydrazine groups is 1. The van der Waals surface area contributed by atoms with Crippen molar-refractivity contribution < 1.29 is 44.9 Å². The molecule has 2 aliphatic heterocycles. The highest BCUT2D eigenvalue weighted by Gasteiger charge is 2.21. The minimum Gasteiger partial charge on any atom is -0.423 e. The molecule has 0 radical (unpaired) electrons. The lowest BCUT2D eigenvalue weighted by atomic mass is 9.79. The second kappa shape index (κ2) is 51.2. The van der Waals surface area contributed by atoms with Crippen molar-refractivity contribution in [3.63, 3.8) is 0 Å². The Hall–Kier alpha value is -13.8. The average molecular weight is 1950 g/mol. The number of aromatic amines is 3. The molecule has 0 amide bonds. The first kappa shape index (κ1) is 101. The summed E-state index contributed by atoms with van der Waals surface area (Å²) in [6, 6.07) is 70.0. The standard InChI is InChI=1S/C28H25ClN6.C19H12ClN3O.C13H10BClN2O2.C9H13N3.C7H7BO3.C6H4BrNO.C6H5ClN2O2.C6H7ClN2.H4N2.H2O/c29-25-5-2-6-26-27(25)33-28(32-26)22-4-1-3-21(16-22)23-15-20(17-31-18-23)19-34-11-13-35(14-12-34)24-7-9-30-10-8-24;20-16-5-2-6-17-18(16)23-19(22-17)14-4-1-3-13(8-14)15-7-12(11-24)9-21-10-15;15-10-5-2-6-11-12(10)17-13(16-11)8-3-1-4-9(7-8)14(18)19;1-3-10-4-2-9(1)12-7-5-11-6-8-12;9-5-6-2-1-3-7(4-6)8(10)11;7-6-1-5(4-9)2-8-3-6;7-4-2-1-3-5(8)6(4)9(10)11;7-4-2-1-3-5(8)6(4)9;1-2;/h1-10,15-18H,11-14,19H2,(H,32,33);1-11H,(H,22,23);1-7,18-19H,(H,16,17);1-4,11H,5-8H2;1-5,10-11H;1-4H;1-3H,8H2;1-3H,8-9H2;1-2H2;1H2. The number of hydrogen-bond acceptors (Lipinski definition) is 26. The van der Waals surface area contributed by atoms with Gasteiger partial charge in [0.25, 0.3) is 0 Å². The fourth-order valence-electron chi connectivity index (χ4n) is 13.4. The number of imidazole rings is 3. The third-order valence-corrected chi connectivity index (χ3v) is 21.9. The molecular weight excluding hydrogens is 1860 g/mol. The van der Waals surface area contributed by atoms with E-state index in [1.54, 1.807) is 85.3 Å². The van der Waals surface area contributed by atoms with Crippen molar-refractivity contribution in [3.8, 4) is 56.4 Å². The van der Waals surface area contributed by atoms with E-state index in [0.717, 1.165) is 154 Å². The maximum absolute atomic E-state index is 10.9. The van der Waals surface area contributed by atoms with E-state index in [1.807, 2.05) is 122 Å². The summed E-state index contributed by atoms with van der Waals surface area (Å²) in [7, 11) is -3.00. The maximum atomic E-state index is 10.9. The number of carbonyl (C=O) groups is 3. The van der Waals surface area contributed by atoms with Crippen LogP contribution in [0.4, 0.5) is 34.1 Å². The number of piperazine rings is 2. The largest absolute Gasteiger partial charge is 0.488 e. The summed E-state index contributed by atoms with van der Waals surface area (Å²) in [5.41, 5.74) is 34.8. The van der Waals surface area contributed by atoms with Gasteiger partial charge in [-0.2, -0.15) is 0 Å². The number of nitrogens with zero attached hydrogens (tertiary/aromatic N) is 12. The second-order valence-electron chi connectivity index (χ2n) is 28.8. The lowest BCUT2D eigenvalue weighted by Crippen LogP contribution is -2.45. The van der Waals surface area contributed by atoms with E-state index < -0.39 is 19.2 Å². The summed E-state index contributed by atoms with van der Waals surface area (Å²) < 4.78 is 0.826. The van der Waals surface area contributed by atoms with Gasteiger partial charge in [-0.3, -0.25) is 66.0 Å². The molecule has 39 heteroatoms. The van der Waals surface area contributed by atoms with Crippen molar-refractivity contribution in [1.82, 2.24) is 65.0 Å². The van der Waals surface area contributed by atoms with Crippen molar-refractivity contribution in [3.05, 3.63) is 354 Å². The molecule has 31 nitrogen and oxygen atoms in total. The van der Waals surface area contributed by atoms with Crippen LogP contribution in [0.3, 0.4) is 0 Å². The van der Waals surface area contributed by atoms with E-state index in [1.165, 1.54) is 47.4 Å². The first-order valence-electron chi connectivity index (χ1n) is 40.5. The van der Waals surface area contributed by atoms with Crippen LogP contribution in [0.25, 0.3) is 89.5 Å². The van der Waals surface area contributed by atoms with Gasteiger partial charge in [0.05, 0.1) is 52.9 Å². The zero-order valence-electron chi connectivity index (χ0n) is 70.8. The number of aldehydes is 3. The Morgan fingerprint density at radius 1 is 0.414 bits per heavy atom. The molecule has 0 saturated carbocycles. The van der Waals surface area contributed by atoms with Gasteiger partial charge < -0.3 is 72.8 Å². The van der Waals surface area contributed by atoms with Crippen LogP contribution in [0.5, 0.6) is 0 Å². The van der Waals surface area contributed by atoms with E-state index in [-0.39, 0.29) is 21.9 Å². The molecule has 8 aromatic heterocycles. The Morgan fingerprint density at radius 3 is 1.25 bits per heavy atom. The number of pyridine rings is 5. The molecule has 9 aromatic carbocycles. The number of rotatable bonds is 15. The fraction of sp³-hybridized carbons (Fsp3) is 0.0957. The number of nitro benzene ring substituents is 1. The number of halogens is 6. The summed E-state index contributed by atoms with van der Waals surface area (Å²) in [4.78, 5) is 92.4. The van der Waals surface area contributed by atoms with Crippen LogP contribution in [-0.4, -0.2) is 176 Å². The zero-order chi connectivity index (χ0) is 94.0. The minimum atomic E-state index is -1.50. The first-order valence-corrected chi connectivity index (χ1v) is 43.1. The molecule has 10 heterocycles. The third kappa shape index (κ3) is 29.1. The summed E-state index contributed by atoms with van der Waals surface area (Å²) in [5, 5.41) is 51.8. The van der Waals surface area contributed by atoms with Crippen LogP contribution in [0.15, 0.2) is 297 Å². The fourth-order valence-corrected chi connectivity index (χ4v) is 14.8. The molecule has 19 rings (SSSR count). The predicted molar refractivity (Wildman–Crippen MR) is 536 cm³/mol. The Bertz CT molecular complexity index is 6650. The third-order valence-electron chi connectivity index (χ3n) is 19.9. The first-order chi connectivity index (χ1) is 64.0. The number of nitrogen functional groups attached to an aromatic ring is 3. The Balaban J connectivity index is 0.000000165. The predicted octanol–water partition coefficient (Wildman–Crippen LogP) is 14.6. The molecule has 17 aromatic rings. The van der Waals surface area contributed by atoms with Crippen LogP contribution in [0, 0.1) is 10.1 Å². The number of anilines is 5. The van der Waals surface area contributed by atoms with Crippen molar-refractivity contribution in [2.45, 2.75) is 6.54 Å². The van der Waals surface area contributed by atoms with Crippen molar-refractivity contribution in [1.29, 1.82) is 0 Å². The van der Waals surface area contributed by atoms with E-state index >= 15 is 0 Å². The second-order valence-corrected chi connectivity index (χ2v) is 31.8. The van der Waals surface area contributed by atoms with Crippen LogP contribution in [0.2, 0.25) is 25.1 Å². The van der Waals surface area contributed by atoms with Gasteiger partial charge in [0.1, 0.15) is 51.0 Å². The van der Waals surface area contributed by atoms with Gasteiger partial charge in [-0.1, -0.05) is 173 Å². The van der Waals surface area contributed by atoms with Gasteiger partial charge in [-0.15, -0.1) is 0 Å². The summed E-state index contributed by atoms with van der Waals surface area (Å²) in [6.07, 6.45) is 20.0. The van der Waals surface area contributed by atoms with Crippen LogP contribution < -0.4 is 54.9 Å². The van der Waals surface area contributed by atoms with E-state index in [2.05, 4.69) is 152 Å². The lowest BCUT2D eigenvalue weighted by Gasteiger charge is -2.36. The van der Waals surface area contributed by atoms with Crippen LogP contribution in [-0.2, 0) is 6.54 Å². The molecule has 0 unspecified atom stereocenters. The molecule has 0 aliphatic carbocycles. The van der Waals surface area contributed by atoms with Gasteiger partial charge in [0.15, 0.2) is 12.6 Å². The number of H-pyrrole nitrogens is 3. The molecule has 0 spiro atoms. The summed E-state index contributed by atoms with van der Waals surface area (Å²) in [5.74, 6) is 10.2. The Kier molecular flexibility index (Phi) is 39.0. The van der Waals surface area contributed by atoms with Crippen LogP contribution >= 0.6 is 73.9 Å². The maximum Gasteiger partial charge on any atom is 0.488 e. The van der Waals surface area contributed by atoms with Gasteiger partial charge in [0, 0.05) is 181 Å². The molecule has 2 fully saturated rings. The highest BCUT2D eigenvalue weighted by Crippen LogP contribution is 2.34. The van der Waals surface area contributed by atoms with Gasteiger partial charge in [-0.25, -0.2) is 15.0 Å². The van der Waals surface area contributed by atoms with E-state index in [9.17, 15) is 34.5 Å². The van der Waals surface area contributed by atoms with Crippen LogP contribution in [0.1, 0.15) is 36.6 Å².